The van der Waals surface area contributed by atoms with Gasteiger partial charge in [-0.25, -0.2) is 8.78 Å². The van der Waals surface area contributed by atoms with Crippen molar-refractivity contribution in [3.8, 4) is 0 Å². The zero-order valence-electron chi connectivity index (χ0n) is 6.98. The van der Waals surface area contributed by atoms with Gasteiger partial charge in [0.05, 0.1) is 11.7 Å². The fraction of sp³-hybridized carbons (Fsp3) is 0.429. The minimum absolute atomic E-state index is 0.325. The van der Waals surface area contributed by atoms with E-state index in [2.05, 4.69) is 10.3 Å². The monoisotopic (exact) mass is 222 g/mol. The summed E-state index contributed by atoms with van der Waals surface area (Å²) in [5.74, 6) is -0.507. The molecule has 0 saturated heterocycles. The van der Waals surface area contributed by atoms with Gasteiger partial charge in [-0.1, -0.05) is 0 Å². The Bertz CT molecular complexity index is 292. The summed E-state index contributed by atoms with van der Waals surface area (Å²) in [7, 11) is 0. The highest BCUT2D eigenvalue weighted by Crippen LogP contribution is 2.05. The lowest BCUT2D eigenvalue weighted by molar-refractivity contribution is -0.00268. The standard InChI is InChI=1S/C7H8F2N2O2S/c8-6(9)4(12)1-11-7(13)5-2-10-3-14-5/h2-4,6,12H,1H2,(H,11,13). The molecule has 0 aliphatic heterocycles. The molecule has 1 atom stereocenters. The van der Waals surface area contributed by atoms with Crippen molar-refractivity contribution in [3.05, 3.63) is 16.6 Å². The van der Waals surface area contributed by atoms with E-state index in [-0.39, 0.29) is 0 Å². The molecule has 1 aromatic rings. The van der Waals surface area contributed by atoms with Crippen molar-refractivity contribution < 1.29 is 18.7 Å². The Kier molecular flexibility index (Phi) is 3.90. The van der Waals surface area contributed by atoms with E-state index in [4.69, 9.17) is 5.11 Å². The average Bonchev–Trinajstić information content (AvgIpc) is 2.66. The van der Waals surface area contributed by atoms with Gasteiger partial charge in [-0.05, 0) is 0 Å². The van der Waals surface area contributed by atoms with E-state index in [9.17, 15) is 13.6 Å². The van der Waals surface area contributed by atoms with Gasteiger partial charge in [-0.15, -0.1) is 11.3 Å². The highest BCUT2D eigenvalue weighted by atomic mass is 32.1. The van der Waals surface area contributed by atoms with Crippen LogP contribution in [0.15, 0.2) is 11.7 Å². The van der Waals surface area contributed by atoms with Crippen molar-refractivity contribution in [1.82, 2.24) is 10.3 Å². The Morgan fingerprint density at radius 1 is 1.71 bits per heavy atom. The Labute approximate surface area is 82.6 Å². The fourth-order valence-electron chi connectivity index (χ4n) is 0.701. The maximum Gasteiger partial charge on any atom is 0.265 e. The van der Waals surface area contributed by atoms with Gasteiger partial charge in [-0.3, -0.25) is 9.78 Å². The molecule has 0 aromatic carbocycles. The first-order valence-corrected chi connectivity index (χ1v) is 4.62. The van der Waals surface area contributed by atoms with Crippen LogP contribution in [0.1, 0.15) is 9.67 Å². The van der Waals surface area contributed by atoms with Gasteiger partial charge in [0.2, 0.25) is 0 Å². The number of amides is 1. The number of hydrogen-bond donors (Lipinski definition) is 2. The molecule has 1 unspecified atom stereocenters. The molecule has 14 heavy (non-hydrogen) atoms. The smallest absolute Gasteiger partial charge is 0.265 e. The quantitative estimate of drug-likeness (QED) is 0.779. The molecule has 0 fully saturated rings. The van der Waals surface area contributed by atoms with Crippen molar-refractivity contribution in [2.75, 3.05) is 6.54 Å². The number of carbonyl (C=O) groups excluding carboxylic acids is 1. The number of hydrogen-bond acceptors (Lipinski definition) is 4. The number of thiazole rings is 1. The van der Waals surface area contributed by atoms with Gasteiger partial charge in [0, 0.05) is 6.54 Å². The van der Waals surface area contributed by atoms with Gasteiger partial charge < -0.3 is 10.4 Å². The second-order valence-electron chi connectivity index (χ2n) is 2.48. The maximum absolute atomic E-state index is 11.8. The van der Waals surface area contributed by atoms with Crippen molar-refractivity contribution in [2.24, 2.45) is 0 Å². The van der Waals surface area contributed by atoms with E-state index in [0.29, 0.717) is 4.88 Å². The van der Waals surface area contributed by atoms with Crippen LogP contribution in [0.25, 0.3) is 0 Å². The third-order valence-corrected chi connectivity index (χ3v) is 2.19. The van der Waals surface area contributed by atoms with Crippen LogP contribution in [0.3, 0.4) is 0 Å². The number of alkyl halides is 2. The number of carbonyl (C=O) groups is 1. The predicted octanol–water partition coefficient (Wildman–Crippen LogP) is 0.499. The molecule has 0 saturated carbocycles. The lowest BCUT2D eigenvalue weighted by Gasteiger charge is -2.09. The minimum atomic E-state index is -2.85. The van der Waals surface area contributed by atoms with Gasteiger partial charge in [0.15, 0.2) is 0 Å². The SMILES string of the molecule is O=C(NCC(O)C(F)F)c1cncs1. The van der Waals surface area contributed by atoms with Crippen LogP contribution in [0.4, 0.5) is 8.78 Å². The minimum Gasteiger partial charge on any atom is -0.385 e. The molecule has 78 valence electrons. The van der Waals surface area contributed by atoms with Crippen molar-refractivity contribution in [3.63, 3.8) is 0 Å². The second-order valence-corrected chi connectivity index (χ2v) is 3.36. The van der Waals surface area contributed by atoms with Crippen LogP contribution < -0.4 is 5.32 Å². The van der Waals surface area contributed by atoms with Crippen LogP contribution in [0.5, 0.6) is 0 Å². The summed E-state index contributed by atoms with van der Waals surface area (Å²) in [5.41, 5.74) is 1.46. The first-order chi connectivity index (χ1) is 6.61. The van der Waals surface area contributed by atoms with Gasteiger partial charge >= 0.3 is 0 Å². The lowest BCUT2D eigenvalue weighted by Crippen LogP contribution is -2.35. The van der Waals surface area contributed by atoms with E-state index >= 15 is 0 Å². The molecule has 1 rings (SSSR count). The van der Waals surface area contributed by atoms with E-state index in [1.807, 2.05) is 0 Å². The molecule has 0 bridgehead atoms. The third kappa shape index (κ3) is 3.00. The Balaban J connectivity index is 2.36. The van der Waals surface area contributed by atoms with Gasteiger partial charge in [0.1, 0.15) is 11.0 Å². The van der Waals surface area contributed by atoms with Crippen molar-refractivity contribution in [2.45, 2.75) is 12.5 Å². The Morgan fingerprint density at radius 3 is 2.93 bits per heavy atom. The predicted molar refractivity (Wildman–Crippen MR) is 46.5 cm³/mol. The molecule has 0 radical (unpaired) electrons. The highest BCUT2D eigenvalue weighted by Gasteiger charge is 2.18. The molecule has 0 spiro atoms. The number of rotatable bonds is 4. The van der Waals surface area contributed by atoms with Crippen LogP contribution in [0.2, 0.25) is 0 Å². The van der Waals surface area contributed by atoms with E-state index in [0.717, 1.165) is 11.3 Å². The van der Waals surface area contributed by atoms with E-state index in [1.54, 1.807) is 0 Å². The maximum atomic E-state index is 11.8. The van der Waals surface area contributed by atoms with Crippen LogP contribution in [0, 0.1) is 0 Å². The normalized spacial score (nSPS) is 12.9. The Morgan fingerprint density at radius 2 is 2.43 bits per heavy atom. The molecular weight excluding hydrogens is 214 g/mol. The molecule has 4 nitrogen and oxygen atoms in total. The molecule has 0 aliphatic carbocycles. The molecule has 1 heterocycles. The number of aromatic nitrogens is 1. The molecule has 0 aliphatic rings. The lowest BCUT2D eigenvalue weighted by atomic mass is 10.3. The molecule has 2 N–H and O–H groups in total. The number of aliphatic hydroxyl groups is 1. The molecular formula is C7H8F2N2O2S. The number of nitrogens with zero attached hydrogens (tertiary/aromatic N) is 1. The van der Waals surface area contributed by atoms with Crippen molar-refractivity contribution in [1.29, 1.82) is 0 Å². The van der Waals surface area contributed by atoms with Crippen LogP contribution in [-0.4, -0.2) is 35.1 Å². The van der Waals surface area contributed by atoms with E-state index in [1.165, 1.54) is 11.7 Å². The summed E-state index contributed by atoms with van der Waals surface area (Å²) in [6, 6.07) is 0. The topological polar surface area (TPSA) is 62.2 Å². The van der Waals surface area contributed by atoms with Crippen molar-refractivity contribution >= 4 is 17.2 Å². The first-order valence-electron chi connectivity index (χ1n) is 3.74. The van der Waals surface area contributed by atoms with Crippen LogP contribution >= 0.6 is 11.3 Å². The average molecular weight is 222 g/mol. The van der Waals surface area contributed by atoms with Crippen LogP contribution in [-0.2, 0) is 0 Å². The zero-order chi connectivity index (χ0) is 10.6. The van der Waals surface area contributed by atoms with E-state index < -0.39 is 25.0 Å². The summed E-state index contributed by atoms with van der Waals surface area (Å²) >= 11 is 1.10. The fourth-order valence-corrected chi connectivity index (χ4v) is 1.24. The highest BCUT2D eigenvalue weighted by molar-refractivity contribution is 7.11. The molecule has 1 aromatic heterocycles. The second kappa shape index (κ2) is 4.97. The summed E-state index contributed by atoms with van der Waals surface area (Å²) in [6.07, 6.45) is -3.35. The number of aliphatic hydroxyl groups excluding tert-OH is 1. The molecule has 1 amide bonds. The van der Waals surface area contributed by atoms with Gasteiger partial charge in [0.25, 0.3) is 12.3 Å². The largest absolute Gasteiger partial charge is 0.385 e. The summed E-state index contributed by atoms with van der Waals surface area (Å²) in [5, 5.41) is 10.9. The summed E-state index contributed by atoms with van der Waals surface area (Å²) in [4.78, 5) is 15.1. The number of halogens is 2. The molecule has 7 heteroatoms. The first kappa shape index (κ1) is 11.0. The Hall–Kier alpha value is -1.08. The number of nitrogens with one attached hydrogen (secondary N) is 1. The summed E-state index contributed by atoms with van der Waals surface area (Å²) < 4.78 is 23.6. The zero-order valence-corrected chi connectivity index (χ0v) is 7.80. The summed E-state index contributed by atoms with van der Waals surface area (Å²) in [6.45, 7) is -0.464. The third-order valence-electron chi connectivity index (χ3n) is 1.42. The van der Waals surface area contributed by atoms with Gasteiger partial charge in [-0.2, -0.15) is 0 Å².